The van der Waals surface area contributed by atoms with Crippen LogP contribution in [0.1, 0.15) is 22.7 Å². The summed E-state index contributed by atoms with van der Waals surface area (Å²) < 4.78 is 10.5. The number of methoxy groups -OCH3 is 2. The second-order valence-corrected chi connectivity index (χ2v) is 7.98. The Bertz CT molecular complexity index is 1280. The topological polar surface area (TPSA) is 76.1 Å². The van der Waals surface area contributed by atoms with E-state index in [0.717, 1.165) is 5.56 Å². The average Bonchev–Trinajstić information content (AvgIpc) is 3.09. The number of hydrogen-bond acceptors (Lipinski definition) is 5. The van der Waals surface area contributed by atoms with Gasteiger partial charge in [-0.1, -0.05) is 48.0 Å². The monoisotopic (exact) mass is 463 g/mol. The second kappa shape index (κ2) is 9.00. The van der Waals surface area contributed by atoms with Crippen molar-refractivity contribution in [2.45, 2.75) is 13.0 Å². The van der Waals surface area contributed by atoms with E-state index in [1.807, 2.05) is 31.2 Å². The van der Waals surface area contributed by atoms with Gasteiger partial charge < -0.3 is 14.6 Å². The van der Waals surface area contributed by atoms with Gasteiger partial charge in [0.25, 0.3) is 11.7 Å². The number of nitrogens with zero attached hydrogens (tertiary/aromatic N) is 1. The molecule has 0 spiro atoms. The zero-order valence-electron chi connectivity index (χ0n) is 18.3. The maximum Gasteiger partial charge on any atom is 0.300 e. The van der Waals surface area contributed by atoms with E-state index in [0.29, 0.717) is 33.3 Å². The first-order valence-electron chi connectivity index (χ1n) is 10.2. The summed E-state index contributed by atoms with van der Waals surface area (Å²) in [6, 6.07) is 18.2. The highest BCUT2D eigenvalue weighted by Crippen LogP contribution is 2.44. The first-order chi connectivity index (χ1) is 15.9. The Morgan fingerprint density at radius 3 is 2.39 bits per heavy atom. The van der Waals surface area contributed by atoms with E-state index < -0.39 is 17.7 Å². The smallest absolute Gasteiger partial charge is 0.300 e. The summed E-state index contributed by atoms with van der Waals surface area (Å²) >= 11 is 6.32. The molecule has 168 valence electrons. The van der Waals surface area contributed by atoms with Crippen molar-refractivity contribution in [2.24, 2.45) is 0 Å². The number of carbonyl (C=O) groups is 2. The summed E-state index contributed by atoms with van der Waals surface area (Å²) in [5, 5.41) is 11.5. The van der Waals surface area contributed by atoms with Gasteiger partial charge in [-0.15, -0.1) is 0 Å². The minimum absolute atomic E-state index is 0.00510. The number of aliphatic hydroxyl groups is 1. The van der Waals surface area contributed by atoms with Crippen LogP contribution < -0.4 is 14.4 Å². The molecule has 0 bridgehead atoms. The minimum Gasteiger partial charge on any atom is -0.507 e. The molecule has 0 aromatic heterocycles. The molecule has 1 aliphatic heterocycles. The number of hydrogen-bond donors (Lipinski definition) is 1. The lowest BCUT2D eigenvalue weighted by Crippen LogP contribution is -2.29. The molecule has 1 amide bonds. The molecular formula is C26H22ClNO5. The van der Waals surface area contributed by atoms with Gasteiger partial charge in [-0.05, 0) is 48.4 Å². The van der Waals surface area contributed by atoms with Crippen molar-refractivity contribution in [2.75, 3.05) is 19.1 Å². The summed E-state index contributed by atoms with van der Waals surface area (Å²) in [6.45, 7) is 1.89. The molecule has 3 aromatic rings. The number of aliphatic hydroxyl groups excluding tert-OH is 1. The summed E-state index contributed by atoms with van der Waals surface area (Å²) in [5.41, 5.74) is 2.37. The molecule has 1 aliphatic rings. The predicted octanol–water partition coefficient (Wildman–Crippen LogP) is 5.29. The van der Waals surface area contributed by atoms with Gasteiger partial charge >= 0.3 is 0 Å². The van der Waals surface area contributed by atoms with Crippen LogP contribution in [0.25, 0.3) is 5.76 Å². The number of Topliss-reactive ketones (excluding diaryl/α,β-unsaturated/α-hetero) is 1. The van der Waals surface area contributed by atoms with Crippen LogP contribution >= 0.6 is 11.6 Å². The normalized spacial score (nSPS) is 17.3. The van der Waals surface area contributed by atoms with Crippen molar-refractivity contribution in [1.82, 2.24) is 0 Å². The number of ketones is 1. The summed E-state index contributed by atoms with van der Waals surface area (Å²) in [5.74, 6) is -0.851. The summed E-state index contributed by atoms with van der Waals surface area (Å²) in [4.78, 5) is 27.9. The van der Waals surface area contributed by atoms with Crippen LogP contribution in [0.15, 0.2) is 72.3 Å². The predicted molar refractivity (Wildman–Crippen MR) is 127 cm³/mol. The quantitative estimate of drug-likeness (QED) is 0.316. The molecule has 1 fully saturated rings. The van der Waals surface area contributed by atoms with Gasteiger partial charge in [-0.2, -0.15) is 0 Å². The van der Waals surface area contributed by atoms with Crippen LogP contribution in [0, 0.1) is 6.92 Å². The Hall–Kier alpha value is -3.77. The zero-order chi connectivity index (χ0) is 23.7. The third kappa shape index (κ3) is 3.94. The summed E-state index contributed by atoms with van der Waals surface area (Å²) in [7, 11) is 3.01. The highest BCUT2D eigenvalue weighted by Gasteiger charge is 2.47. The third-order valence-corrected chi connectivity index (χ3v) is 5.98. The van der Waals surface area contributed by atoms with Crippen LogP contribution in [0.2, 0.25) is 5.02 Å². The Morgan fingerprint density at radius 2 is 1.73 bits per heavy atom. The fraction of sp³-hybridized carbons (Fsp3) is 0.154. The fourth-order valence-electron chi connectivity index (χ4n) is 4.02. The van der Waals surface area contributed by atoms with E-state index in [9.17, 15) is 14.7 Å². The molecule has 1 heterocycles. The number of aryl methyl sites for hydroxylation is 1. The van der Waals surface area contributed by atoms with Crippen LogP contribution in [0.4, 0.5) is 5.69 Å². The van der Waals surface area contributed by atoms with Crippen molar-refractivity contribution in [3.05, 3.63) is 94.0 Å². The molecule has 7 heteroatoms. The van der Waals surface area contributed by atoms with Gasteiger partial charge in [0, 0.05) is 11.3 Å². The van der Waals surface area contributed by atoms with Crippen molar-refractivity contribution >= 4 is 34.7 Å². The average molecular weight is 464 g/mol. The Morgan fingerprint density at radius 1 is 0.970 bits per heavy atom. The molecule has 0 aliphatic carbocycles. The number of amides is 1. The standard InChI is InChI=1S/C26H22ClNO5/c1-15-7-4-5-10-19(15)23-22(24(29)16-8-6-9-18(13-16)32-2)25(30)26(31)28(23)17-11-12-21(33-3)20(27)14-17/h4-14,23,29H,1-3H3/b24-22+. The van der Waals surface area contributed by atoms with Crippen molar-refractivity contribution in [1.29, 1.82) is 0 Å². The van der Waals surface area contributed by atoms with Gasteiger partial charge in [0.2, 0.25) is 0 Å². The molecule has 33 heavy (non-hydrogen) atoms. The molecular weight excluding hydrogens is 442 g/mol. The molecule has 1 atom stereocenters. The van der Waals surface area contributed by atoms with E-state index in [1.165, 1.54) is 19.1 Å². The van der Waals surface area contributed by atoms with Gasteiger partial charge in [-0.3, -0.25) is 14.5 Å². The lowest BCUT2D eigenvalue weighted by molar-refractivity contribution is -0.132. The van der Waals surface area contributed by atoms with Crippen molar-refractivity contribution < 1.29 is 24.2 Å². The van der Waals surface area contributed by atoms with Crippen LogP contribution in [0.3, 0.4) is 0 Å². The maximum absolute atomic E-state index is 13.3. The zero-order valence-corrected chi connectivity index (χ0v) is 19.1. The highest BCUT2D eigenvalue weighted by atomic mass is 35.5. The first kappa shape index (κ1) is 22.4. The van der Waals surface area contributed by atoms with Gasteiger partial charge in [0.05, 0.1) is 30.9 Å². The maximum atomic E-state index is 13.3. The van der Waals surface area contributed by atoms with Crippen LogP contribution in [0.5, 0.6) is 11.5 Å². The van der Waals surface area contributed by atoms with Gasteiger partial charge in [0.1, 0.15) is 17.3 Å². The number of anilines is 1. The van der Waals surface area contributed by atoms with Gasteiger partial charge in [-0.25, -0.2) is 0 Å². The molecule has 1 saturated heterocycles. The number of benzene rings is 3. The fourth-order valence-corrected chi connectivity index (χ4v) is 4.27. The lowest BCUT2D eigenvalue weighted by atomic mass is 9.92. The molecule has 1 unspecified atom stereocenters. The highest BCUT2D eigenvalue weighted by molar-refractivity contribution is 6.52. The Kier molecular flexibility index (Phi) is 6.11. The van der Waals surface area contributed by atoms with Crippen molar-refractivity contribution in [3.63, 3.8) is 0 Å². The number of rotatable bonds is 5. The van der Waals surface area contributed by atoms with Crippen LogP contribution in [-0.2, 0) is 9.59 Å². The second-order valence-electron chi connectivity index (χ2n) is 7.58. The van der Waals surface area contributed by atoms with E-state index in [4.69, 9.17) is 21.1 Å². The number of ether oxygens (including phenoxy) is 2. The molecule has 0 saturated carbocycles. The Labute approximate surface area is 196 Å². The van der Waals surface area contributed by atoms with Crippen molar-refractivity contribution in [3.8, 4) is 11.5 Å². The molecule has 1 N–H and O–H groups in total. The SMILES string of the molecule is COc1cccc(/C(O)=C2\C(=O)C(=O)N(c3ccc(OC)c(Cl)c3)C2c2ccccc2C)c1. The molecule has 4 rings (SSSR count). The largest absolute Gasteiger partial charge is 0.507 e. The van der Waals surface area contributed by atoms with Gasteiger partial charge in [0.15, 0.2) is 0 Å². The van der Waals surface area contributed by atoms with E-state index in [2.05, 4.69) is 0 Å². The minimum atomic E-state index is -0.845. The first-order valence-corrected chi connectivity index (χ1v) is 10.6. The van der Waals surface area contributed by atoms with E-state index in [-0.39, 0.29) is 11.3 Å². The van der Waals surface area contributed by atoms with E-state index >= 15 is 0 Å². The van der Waals surface area contributed by atoms with E-state index in [1.54, 1.807) is 42.5 Å². The molecule has 3 aromatic carbocycles. The number of carbonyl (C=O) groups excluding carboxylic acids is 2. The summed E-state index contributed by atoms with van der Waals surface area (Å²) in [6.07, 6.45) is 0. The third-order valence-electron chi connectivity index (χ3n) is 5.68. The molecule has 6 nitrogen and oxygen atoms in total. The Balaban J connectivity index is 1.96. The van der Waals surface area contributed by atoms with Crippen LogP contribution in [-0.4, -0.2) is 31.0 Å². The number of halogens is 1. The lowest BCUT2D eigenvalue weighted by Gasteiger charge is -2.27. The molecule has 0 radical (unpaired) electrons.